The van der Waals surface area contributed by atoms with Crippen LogP contribution in [-0.2, 0) is 7.05 Å². The molecule has 0 saturated heterocycles. The molecule has 4 heteroatoms. The molecule has 0 unspecified atom stereocenters. The second-order valence-electron chi connectivity index (χ2n) is 6.31. The van der Waals surface area contributed by atoms with E-state index in [0.29, 0.717) is 0 Å². The molecule has 0 aliphatic heterocycles. The van der Waals surface area contributed by atoms with E-state index in [2.05, 4.69) is 33.4 Å². The van der Waals surface area contributed by atoms with Gasteiger partial charge in [-0.3, -0.25) is 0 Å². The highest BCUT2D eigenvalue weighted by molar-refractivity contribution is 5.76. The number of carbonyl (C=O) groups is 1. The van der Waals surface area contributed by atoms with Gasteiger partial charge in [0.1, 0.15) is 12.4 Å². The zero-order valence-corrected chi connectivity index (χ0v) is 14.0. The van der Waals surface area contributed by atoms with Crippen LogP contribution in [0.2, 0.25) is 0 Å². The van der Waals surface area contributed by atoms with Crippen LogP contribution in [0.4, 0.5) is 4.79 Å². The van der Waals surface area contributed by atoms with Gasteiger partial charge in [0.2, 0.25) is 0 Å². The van der Waals surface area contributed by atoms with E-state index in [0.717, 1.165) is 19.4 Å². The molecule has 1 aromatic heterocycles. The number of allylic oxidation sites excluding steroid dienone is 3. The lowest BCUT2D eigenvalue weighted by atomic mass is 9.90. The molecule has 0 aliphatic carbocycles. The van der Waals surface area contributed by atoms with Crippen molar-refractivity contribution < 1.29 is 9.36 Å². The van der Waals surface area contributed by atoms with E-state index >= 15 is 0 Å². The fraction of sp³-hybridized carbons (Fsp3) is 0.529. The molecule has 4 nitrogen and oxygen atoms in total. The summed E-state index contributed by atoms with van der Waals surface area (Å²) in [6.07, 6.45) is 11.6. The lowest BCUT2D eigenvalue weighted by Gasteiger charge is -2.17. The predicted octanol–water partition coefficient (Wildman–Crippen LogP) is 3.15. The van der Waals surface area contributed by atoms with Crippen LogP contribution in [0.3, 0.4) is 0 Å². The molecule has 0 spiro atoms. The molecule has 21 heavy (non-hydrogen) atoms. The van der Waals surface area contributed by atoms with Gasteiger partial charge in [0.05, 0.1) is 7.05 Å². The highest BCUT2D eigenvalue weighted by Gasteiger charge is 2.16. The Balaban J connectivity index is 2.45. The number of amides is 1. The van der Waals surface area contributed by atoms with E-state index in [9.17, 15) is 4.79 Å². The van der Waals surface area contributed by atoms with Gasteiger partial charge in [-0.25, -0.2) is 9.36 Å². The summed E-state index contributed by atoms with van der Waals surface area (Å²) in [5.74, 6) is 0. The maximum absolute atomic E-state index is 12.2. The largest absolute Gasteiger partial charge is 0.415 e. The van der Waals surface area contributed by atoms with Gasteiger partial charge in [-0.2, -0.15) is 4.57 Å². The first-order valence-corrected chi connectivity index (χ1v) is 7.36. The molecule has 0 aromatic carbocycles. The molecule has 1 amide bonds. The van der Waals surface area contributed by atoms with Crippen LogP contribution in [0.1, 0.15) is 33.6 Å². The highest BCUT2D eigenvalue weighted by Crippen LogP contribution is 2.21. The Hall–Kier alpha value is -1.84. The van der Waals surface area contributed by atoms with Crippen LogP contribution in [0.5, 0.6) is 0 Å². The number of aryl methyl sites for hydroxylation is 1. The molecule has 1 rings (SSSR count). The fourth-order valence-corrected chi connectivity index (χ4v) is 2.22. The van der Waals surface area contributed by atoms with E-state index in [1.807, 2.05) is 30.9 Å². The summed E-state index contributed by atoms with van der Waals surface area (Å²) in [5, 5.41) is 0. The van der Waals surface area contributed by atoms with Gasteiger partial charge in [-0.15, -0.1) is 6.58 Å². The molecule has 0 N–H and O–H groups in total. The maximum Gasteiger partial charge on any atom is 0.415 e. The lowest BCUT2D eigenvalue weighted by molar-refractivity contribution is -0.670. The second kappa shape index (κ2) is 7.25. The Kier molecular flexibility index (Phi) is 5.94. The minimum atomic E-state index is 0.00338. The molecule has 0 bridgehead atoms. The zero-order valence-electron chi connectivity index (χ0n) is 14.0. The van der Waals surface area contributed by atoms with E-state index in [4.69, 9.17) is 0 Å². The smallest absolute Gasteiger partial charge is 0.307 e. The summed E-state index contributed by atoms with van der Waals surface area (Å²) < 4.78 is 3.46. The summed E-state index contributed by atoms with van der Waals surface area (Å²) in [4.78, 5) is 13.9. The lowest BCUT2D eigenvalue weighted by Crippen LogP contribution is -2.33. The number of rotatable bonds is 6. The van der Waals surface area contributed by atoms with Crippen LogP contribution >= 0.6 is 0 Å². The summed E-state index contributed by atoms with van der Waals surface area (Å²) in [5.41, 5.74) is 1.37. The van der Waals surface area contributed by atoms with E-state index in [-0.39, 0.29) is 11.4 Å². The summed E-state index contributed by atoms with van der Waals surface area (Å²) in [6.45, 7) is 11.0. The fourth-order valence-electron chi connectivity index (χ4n) is 2.22. The molecule has 0 atom stereocenters. The van der Waals surface area contributed by atoms with Gasteiger partial charge < -0.3 is 4.90 Å². The minimum Gasteiger partial charge on any atom is -0.307 e. The third-order valence-corrected chi connectivity index (χ3v) is 3.53. The molecule has 116 valence electrons. The molecule has 0 fully saturated rings. The Morgan fingerprint density at radius 3 is 2.67 bits per heavy atom. The number of aromatic nitrogens is 2. The Labute approximate surface area is 128 Å². The summed E-state index contributed by atoms with van der Waals surface area (Å²) in [6, 6.07) is 0.00338. The minimum absolute atomic E-state index is 0.00338. The number of hydrogen-bond acceptors (Lipinski definition) is 1. The number of carbonyl (C=O) groups excluding carboxylic acids is 1. The average molecular weight is 290 g/mol. The van der Waals surface area contributed by atoms with Crippen molar-refractivity contribution in [3.63, 3.8) is 0 Å². The van der Waals surface area contributed by atoms with Gasteiger partial charge in [0, 0.05) is 19.0 Å². The SMILES string of the molecule is C=CC(C)(C)/C=C(\C)CCCN(C)C(=O)n1cc[n+](C)c1. The Morgan fingerprint density at radius 1 is 1.48 bits per heavy atom. The average Bonchev–Trinajstić information content (AvgIpc) is 2.83. The van der Waals surface area contributed by atoms with Crippen molar-refractivity contribution in [1.82, 2.24) is 9.47 Å². The van der Waals surface area contributed by atoms with Crippen molar-refractivity contribution in [1.29, 1.82) is 0 Å². The number of hydrogen-bond donors (Lipinski definition) is 0. The first-order chi connectivity index (χ1) is 9.75. The van der Waals surface area contributed by atoms with Crippen molar-refractivity contribution in [2.45, 2.75) is 33.6 Å². The van der Waals surface area contributed by atoms with Crippen molar-refractivity contribution in [2.75, 3.05) is 13.6 Å². The third-order valence-electron chi connectivity index (χ3n) is 3.53. The van der Waals surface area contributed by atoms with Gasteiger partial charge in [0.15, 0.2) is 0 Å². The van der Waals surface area contributed by atoms with Gasteiger partial charge in [-0.05, 0) is 19.8 Å². The topological polar surface area (TPSA) is 29.1 Å². The van der Waals surface area contributed by atoms with Crippen molar-refractivity contribution in [3.05, 3.63) is 43.0 Å². The van der Waals surface area contributed by atoms with Crippen LogP contribution in [0.15, 0.2) is 43.0 Å². The summed E-state index contributed by atoms with van der Waals surface area (Å²) in [7, 11) is 3.74. The molecular formula is C17H28N3O+. The zero-order chi connectivity index (χ0) is 16.0. The molecule has 0 aliphatic rings. The van der Waals surface area contributed by atoms with E-state index < -0.39 is 0 Å². The van der Waals surface area contributed by atoms with E-state index in [1.54, 1.807) is 22.0 Å². The molecule has 1 aromatic rings. The van der Waals surface area contributed by atoms with Crippen molar-refractivity contribution in [3.8, 4) is 0 Å². The van der Waals surface area contributed by atoms with Gasteiger partial charge in [0.25, 0.3) is 6.33 Å². The summed E-state index contributed by atoms with van der Waals surface area (Å²) >= 11 is 0. The second-order valence-corrected chi connectivity index (χ2v) is 6.31. The van der Waals surface area contributed by atoms with Gasteiger partial charge >= 0.3 is 6.03 Å². The Bertz CT molecular complexity index is 526. The molecule has 1 heterocycles. The molecule has 0 saturated carbocycles. The van der Waals surface area contributed by atoms with Crippen LogP contribution in [-0.4, -0.2) is 29.1 Å². The maximum atomic E-state index is 12.2. The van der Waals surface area contributed by atoms with Gasteiger partial charge in [-0.1, -0.05) is 31.6 Å². The van der Waals surface area contributed by atoms with E-state index in [1.165, 1.54) is 5.57 Å². The van der Waals surface area contributed by atoms with Crippen molar-refractivity contribution >= 4 is 6.03 Å². The molecular weight excluding hydrogens is 262 g/mol. The molecule has 0 radical (unpaired) electrons. The Morgan fingerprint density at radius 2 is 2.14 bits per heavy atom. The standard InChI is InChI=1S/C17H28N3O/c1-7-17(3,4)13-15(2)9-8-10-19(6)16(21)20-12-11-18(5)14-20/h7,11-14H,1,8-10H2,2-6H3/q+1/b15-13+. The first kappa shape index (κ1) is 17.2. The number of nitrogens with zero attached hydrogens (tertiary/aromatic N) is 3. The van der Waals surface area contributed by atoms with Crippen LogP contribution in [0.25, 0.3) is 0 Å². The predicted molar refractivity (Wildman–Crippen MR) is 86.0 cm³/mol. The first-order valence-electron chi connectivity index (χ1n) is 7.36. The van der Waals surface area contributed by atoms with Crippen molar-refractivity contribution in [2.24, 2.45) is 12.5 Å². The third kappa shape index (κ3) is 5.58. The van der Waals surface area contributed by atoms with Crippen LogP contribution < -0.4 is 4.57 Å². The highest BCUT2D eigenvalue weighted by atomic mass is 16.2. The number of imidazole rings is 1. The van der Waals surface area contributed by atoms with Crippen LogP contribution in [0, 0.1) is 5.41 Å². The normalized spacial score (nSPS) is 12.3. The quantitative estimate of drug-likeness (QED) is 0.584. The monoisotopic (exact) mass is 290 g/mol.